The van der Waals surface area contributed by atoms with E-state index in [0.717, 1.165) is 12.8 Å². The Morgan fingerprint density at radius 3 is 2.79 bits per heavy atom. The van der Waals surface area contributed by atoms with Gasteiger partial charge in [0.1, 0.15) is 0 Å². The van der Waals surface area contributed by atoms with Crippen LogP contribution in [0.25, 0.3) is 0 Å². The molecule has 5 nitrogen and oxygen atoms in total. The number of aromatic hydroxyl groups is 2. The zero-order valence-electron chi connectivity index (χ0n) is 10.9. The molecule has 0 saturated carbocycles. The Hall–Kier alpha value is -1.75. The molecule has 2 unspecified atom stereocenters. The minimum Gasteiger partial charge on any atom is -0.504 e. The molecule has 5 heteroatoms. The number of rotatable bonds is 3. The van der Waals surface area contributed by atoms with Crippen LogP contribution in [-0.4, -0.2) is 44.8 Å². The van der Waals surface area contributed by atoms with Gasteiger partial charge in [0.15, 0.2) is 11.5 Å². The lowest BCUT2D eigenvalue weighted by atomic mass is 10.1. The van der Waals surface area contributed by atoms with Crippen molar-refractivity contribution in [3.63, 3.8) is 0 Å². The third-order valence-corrected chi connectivity index (χ3v) is 3.47. The summed E-state index contributed by atoms with van der Waals surface area (Å²) in [5.74, 6) is -0.700. The molecule has 2 rings (SSSR count). The maximum atomic E-state index is 12.4. The fourth-order valence-corrected chi connectivity index (χ4v) is 2.56. The van der Waals surface area contributed by atoms with Crippen LogP contribution in [0.4, 0.5) is 0 Å². The average molecular weight is 265 g/mol. The van der Waals surface area contributed by atoms with E-state index in [4.69, 9.17) is 0 Å². The standard InChI is InChI=1S/C14H19NO4/c1-9(16)7-11-3-2-6-15(11)14(19)10-4-5-12(17)13(18)8-10/h4-5,8-9,11,16-18H,2-3,6-7H2,1H3. The second-order valence-corrected chi connectivity index (χ2v) is 5.08. The fraction of sp³-hybridized carbons (Fsp3) is 0.500. The Kier molecular flexibility index (Phi) is 3.95. The van der Waals surface area contributed by atoms with E-state index >= 15 is 0 Å². The summed E-state index contributed by atoms with van der Waals surface area (Å²) >= 11 is 0. The van der Waals surface area contributed by atoms with Crippen LogP contribution in [0.15, 0.2) is 18.2 Å². The second-order valence-electron chi connectivity index (χ2n) is 5.08. The van der Waals surface area contributed by atoms with Gasteiger partial charge >= 0.3 is 0 Å². The molecule has 0 radical (unpaired) electrons. The van der Waals surface area contributed by atoms with E-state index in [2.05, 4.69) is 0 Å². The lowest BCUT2D eigenvalue weighted by molar-refractivity contribution is 0.0681. The van der Waals surface area contributed by atoms with Gasteiger partial charge < -0.3 is 20.2 Å². The Balaban J connectivity index is 2.16. The van der Waals surface area contributed by atoms with E-state index < -0.39 is 6.10 Å². The van der Waals surface area contributed by atoms with E-state index in [-0.39, 0.29) is 23.4 Å². The number of aliphatic hydroxyl groups is 1. The van der Waals surface area contributed by atoms with Crippen molar-refractivity contribution in [3.05, 3.63) is 23.8 Å². The molecule has 3 N–H and O–H groups in total. The Morgan fingerprint density at radius 1 is 1.42 bits per heavy atom. The first kappa shape index (κ1) is 13.7. The van der Waals surface area contributed by atoms with Gasteiger partial charge in [-0.2, -0.15) is 0 Å². The predicted octanol–water partition coefficient (Wildman–Crippen LogP) is 1.47. The number of likely N-dealkylation sites (tertiary alicyclic amines) is 1. The largest absolute Gasteiger partial charge is 0.504 e. The van der Waals surface area contributed by atoms with E-state index in [0.29, 0.717) is 18.5 Å². The first-order valence-corrected chi connectivity index (χ1v) is 6.50. The van der Waals surface area contributed by atoms with E-state index in [9.17, 15) is 20.1 Å². The second kappa shape index (κ2) is 5.48. The molecule has 0 spiro atoms. The number of hydrogen-bond acceptors (Lipinski definition) is 4. The van der Waals surface area contributed by atoms with Crippen molar-refractivity contribution in [1.29, 1.82) is 0 Å². The topological polar surface area (TPSA) is 81.0 Å². The predicted molar refractivity (Wildman–Crippen MR) is 70.1 cm³/mol. The molecule has 1 heterocycles. The number of carbonyl (C=O) groups excluding carboxylic acids is 1. The highest BCUT2D eigenvalue weighted by Gasteiger charge is 2.30. The zero-order valence-corrected chi connectivity index (χ0v) is 10.9. The molecule has 1 fully saturated rings. The fourth-order valence-electron chi connectivity index (χ4n) is 2.56. The number of amides is 1. The zero-order chi connectivity index (χ0) is 14.0. The summed E-state index contributed by atoms with van der Waals surface area (Å²) < 4.78 is 0. The minimum absolute atomic E-state index is 0.0449. The summed E-state index contributed by atoms with van der Waals surface area (Å²) in [5, 5.41) is 28.1. The number of phenols is 2. The highest BCUT2D eigenvalue weighted by atomic mass is 16.3. The maximum absolute atomic E-state index is 12.4. The van der Waals surface area contributed by atoms with Crippen molar-refractivity contribution in [3.8, 4) is 11.5 Å². The van der Waals surface area contributed by atoms with Gasteiger partial charge in [-0.3, -0.25) is 4.79 Å². The average Bonchev–Trinajstić information content (AvgIpc) is 2.79. The normalized spacial score (nSPS) is 20.5. The van der Waals surface area contributed by atoms with E-state index in [1.807, 2.05) is 0 Å². The molecule has 1 aromatic carbocycles. The van der Waals surface area contributed by atoms with Crippen molar-refractivity contribution in [2.24, 2.45) is 0 Å². The number of hydrogen-bond donors (Lipinski definition) is 3. The molecule has 1 saturated heterocycles. The third-order valence-electron chi connectivity index (χ3n) is 3.47. The first-order chi connectivity index (χ1) is 8.99. The summed E-state index contributed by atoms with van der Waals surface area (Å²) in [4.78, 5) is 14.1. The molecule has 1 amide bonds. The van der Waals surface area contributed by atoms with Crippen LogP contribution in [0, 0.1) is 0 Å². The SMILES string of the molecule is CC(O)CC1CCCN1C(=O)c1ccc(O)c(O)c1. The lowest BCUT2D eigenvalue weighted by Gasteiger charge is -2.25. The van der Waals surface area contributed by atoms with Crippen LogP contribution in [0.1, 0.15) is 36.5 Å². The van der Waals surface area contributed by atoms with Gasteiger partial charge in [0.2, 0.25) is 0 Å². The molecule has 0 aromatic heterocycles. The molecule has 1 aliphatic rings. The molecule has 19 heavy (non-hydrogen) atoms. The van der Waals surface area contributed by atoms with Gasteiger partial charge in [-0.05, 0) is 44.4 Å². The van der Waals surface area contributed by atoms with Gasteiger partial charge in [0.25, 0.3) is 5.91 Å². The van der Waals surface area contributed by atoms with Gasteiger partial charge in [0, 0.05) is 18.2 Å². The molecule has 0 bridgehead atoms. The molecule has 2 atom stereocenters. The first-order valence-electron chi connectivity index (χ1n) is 6.50. The Morgan fingerprint density at radius 2 is 2.16 bits per heavy atom. The van der Waals surface area contributed by atoms with Crippen LogP contribution in [0.3, 0.4) is 0 Å². The van der Waals surface area contributed by atoms with Gasteiger partial charge in [-0.25, -0.2) is 0 Å². The number of nitrogens with zero attached hydrogens (tertiary/aromatic N) is 1. The lowest BCUT2D eigenvalue weighted by Crippen LogP contribution is -2.37. The van der Waals surface area contributed by atoms with Gasteiger partial charge in [0.05, 0.1) is 6.10 Å². The number of carbonyl (C=O) groups is 1. The summed E-state index contributed by atoms with van der Waals surface area (Å²) in [5.41, 5.74) is 0.354. The highest BCUT2D eigenvalue weighted by molar-refractivity contribution is 5.95. The van der Waals surface area contributed by atoms with Crippen LogP contribution in [-0.2, 0) is 0 Å². The molecule has 1 aliphatic heterocycles. The van der Waals surface area contributed by atoms with E-state index in [1.54, 1.807) is 11.8 Å². The van der Waals surface area contributed by atoms with Crippen molar-refractivity contribution in [1.82, 2.24) is 4.90 Å². The molecule has 1 aromatic rings. The van der Waals surface area contributed by atoms with Gasteiger partial charge in [-0.15, -0.1) is 0 Å². The Bertz CT molecular complexity index is 473. The van der Waals surface area contributed by atoms with Gasteiger partial charge in [-0.1, -0.05) is 0 Å². The molecule has 0 aliphatic carbocycles. The molecule has 104 valence electrons. The van der Waals surface area contributed by atoms with Crippen molar-refractivity contribution < 1.29 is 20.1 Å². The van der Waals surface area contributed by atoms with Crippen LogP contribution in [0.2, 0.25) is 0 Å². The smallest absolute Gasteiger partial charge is 0.254 e. The third kappa shape index (κ3) is 2.98. The molecular weight excluding hydrogens is 246 g/mol. The summed E-state index contributed by atoms with van der Waals surface area (Å²) in [6.45, 7) is 2.38. The van der Waals surface area contributed by atoms with Crippen molar-refractivity contribution in [2.75, 3.05) is 6.54 Å². The summed E-state index contributed by atoms with van der Waals surface area (Å²) in [7, 11) is 0. The number of benzene rings is 1. The highest BCUT2D eigenvalue weighted by Crippen LogP contribution is 2.28. The minimum atomic E-state index is -0.438. The van der Waals surface area contributed by atoms with E-state index in [1.165, 1.54) is 18.2 Å². The molecular formula is C14H19NO4. The number of aliphatic hydroxyl groups excluding tert-OH is 1. The Labute approximate surface area is 112 Å². The number of phenolic OH excluding ortho intramolecular Hbond substituents is 2. The van der Waals surface area contributed by atoms with Crippen molar-refractivity contribution >= 4 is 5.91 Å². The van der Waals surface area contributed by atoms with Crippen LogP contribution < -0.4 is 0 Å². The van der Waals surface area contributed by atoms with Crippen LogP contribution in [0.5, 0.6) is 11.5 Å². The monoisotopic (exact) mass is 265 g/mol. The van der Waals surface area contributed by atoms with Crippen molar-refractivity contribution in [2.45, 2.75) is 38.3 Å². The maximum Gasteiger partial charge on any atom is 0.254 e. The van der Waals surface area contributed by atoms with Crippen LogP contribution >= 0.6 is 0 Å². The summed E-state index contributed by atoms with van der Waals surface area (Å²) in [6.07, 6.45) is 1.94. The quantitative estimate of drug-likeness (QED) is 0.723. The summed E-state index contributed by atoms with van der Waals surface area (Å²) in [6, 6.07) is 4.12.